The third-order valence-corrected chi connectivity index (χ3v) is 4.92. The Hall–Kier alpha value is -3.48. The van der Waals surface area contributed by atoms with Crippen molar-refractivity contribution in [1.82, 2.24) is 29.8 Å². The van der Waals surface area contributed by atoms with E-state index in [-0.39, 0.29) is 17.3 Å². The highest BCUT2D eigenvalue weighted by atomic mass is 35.5. The van der Waals surface area contributed by atoms with E-state index in [1.165, 1.54) is 4.68 Å². The van der Waals surface area contributed by atoms with Gasteiger partial charge in [0.2, 0.25) is 0 Å². The molecule has 0 unspecified atom stereocenters. The molecule has 0 radical (unpaired) electrons. The van der Waals surface area contributed by atoms with Crippen LogP contribution in [-0.4, -0.2) is 29.8 Å². The number of nitrogens with one attached hydrogen (secondary N) is 1. The lowest BCUT2D eigenvalue weighted by atomic mass is 9.99. The number of aryl methyl sites for hydroxylation is 2. The Kier molecular flexibility index (Phi) is 4.22. The van der Waals surface area contributed by atoms with Gasteiger partial charge in [0.15, 0.2) is 5.15 Å². The predicted molar refractivity (Wildman–Crippen MR) is 104 cm³/mol. The molecular formula is C18H15ClN8O. The van der Waals surface area contributed by atoms with Gasteiger partial charge in [-0.05, 0) is 17.7 Å². The summed E-state index contributed by atoms with van der Waals surface area (Å²) in [5, 5.41) is 25.9. The second-order valence-corrected chi connectivity index (χ2v) is 6.60. The highest BCUT2D eigenvalue weighted by Gasteiger charge is 2.23. The molecule has 0 saturated carbocycles. The molecule has 10 heteroatoms. The summed E-state index contributed by atoms with van der Waals surface area (Å²) in [6.45, 7) is 0.184. The Bertz CT molecular complexity index is 1320. The molecule has 0 spiro atoms. The average molecular weight is 395 g/mol. The second kappa shape index (κ2) is 6.60. The quantitative estimate of drug-likeness (QED) is 0.543. The number of fused-ring (bicyclic) bond motifs is 1. The molecule has 0 bridgehead atoms. The molecular weight excluding hydrogens is 380 g/mol. The maximum absolute atomic E-state index is 12.1. The molecule has 0 amide bonds. The average Bonchev–Trinajstić information content (AvgIpc) is 3.19. The summed E-state index contributed by atoms with van der Waals surface area (Å²) < 4.78 is 3.08. The number of nitriles is 1. The minimum absolute atomic E-state index is 0.184. The fraction of sp³-hybridized carbons (Fsp3) is 0.167. The first-order valence-electron chi connectivity index (χ1n) is 8.33. The molecule has 3 aromatic heterocycles. The van der Waals surface area contributed by atoms with E-state index in [1.807, 2.05) is 12.1 Å². The fourth-order valence-corrected chi connectivity index (χ4v) is 3.61. The van der Waals surface area contributed by atoms with E-state index in [0.29, 0.717) is 33.4 Å². The van der Waals surface area contributed by atoms with Crippen molar-refractivity contribution >= 4 is 22.4 Å². The van der Waals surface area contributed by atoms with Crippen molar-refractivity contribution in [2.75, 3.05) is 0 Å². The lowest BCUT2D eigenvalue weighted by molar-refractivity contribution is 0.755. The summed E-state index contributed by atoms with van der Waals surface area (Å²) in [6.07, 6.45) is 1.68. The number of hydrogen-bond acceptors (Lipinski definition) is 6. The van der Waals surface area contributed by atoms with E-state index >= 15 is 0 Å². The molecule has 0 atom stereocenters. The zero-order valence-corrected chi connectivity index (χ0v) is 15.8. The molecule has 3 heterocycles. The maximum Gasteiger partial charge on any atom is 0.272 e. The van der Waals surface area contributed by atoms with Crippen LogP contribution in [0.2, 0.25) is 5.15 Å². The van der Waals surface area contributed by atoms with Crippen molar-refractivity contribution in [2.45, 2.75) is 6.54 Å². The molecule has 0 aliphatic heterocycles. The van der Waals surface area contributed by atoms with Crippen LogP contribution in [0.1, 0.15) is 11.4 Å². The van der Waals surface area contributed by atoms with Crippen LogP contribution in [-0.2, 0) is 20.6 Å². The van der Waals surface area contributed by atoms with Gasteiger partial charge < -0.3 is 5.73 Å². The van der Waals surface area contributed by atoms with Crippen LogP contribution in [0, 0.1) is 11.3 Å². The summed E-state index contributed by atoms with van der Waals surface area (Å²) in [5.74, 6) is 0. The maximum atomic E-state index is 12.1. The molecule has 0 aliphatic rings. The van der Waals surface area contributed by atoms with Gasteiger partial charge in [-0.2, -0.15) is 20.6 Å². The van der Waals surface area contributed by atoms with E-state index in [9.17, 15) is 10.1 Å². The van der Waals surface area contributed by atoms with Gasteiger partial charge in [0.05, 0.1) is 28.5 Å². The molecule has 4 rings (SSSR count). The zero-order chi connectivity index (χ0) is 20.0. The summed E-state index contributed by atoms with van der Waals surface area (Å²) in [4.78, 5) is 12.1. The Morgan fingerprint density at radius 3 is 2.79 bits per heavy atom. The van der Waals surface area contributed by atoms with E-state index in [4.69, 9.17) is 17.3 Å². The van der Waals surface area contributed by atoms with Crippen LogP contribution in [0.5, 0.6) is 0 Å². The van der Waals surface area contributed by atoms with Gasteiger partial charge in [0.25, 0.3) is 5.56 Å². The Morgan fingerprint density at radius 1 is 1.29 bits per heavy atom. The number of nitrogens with zero attached hydrogens (tertiary/aromatic N) is 6. The first-order chi connectivity index (χ1) is 13.5. The summed E-state index contributed by atoms with van der Waals surface area (Å²) in [6, 6.07) is 7.51. The lowest BCUT2D eigenvalue weighted by Crippen LogP contribution is -2.13. The Morgan fingerprint density at radius 2 is 2.07 bits per heavy atom. The molecule has 1 aromatic carbocycles. The number of aromatic nitrogens is 6. The third kappa shape index (κ3) is 2.58. The molecule has 0 aliphatic carbocycles. The SMILES string of the molecule is Cn1nc(Cl)c(-c2c(-c3ccc4c(=O)[nH]nc(CN)c4c3)cnn2C)c1C#N. The van der Waals surface area contributed by atoms with Crippen LogP contribution in [0.25, 0.3) is 33.2 Å². The summed E-state index contributed by atoms with van der Waals surface area (Å²) in [7, 11) is 3.42. The standard InChI is InChI=1S/C18H15ClN8O/c1-26-14(7-21)15(17(19)25-26)16-12(8-22-27(16)2)9-3-4-10-11(5-9)13(6-20)23-24-18(10)28/h3-5,8H,6,20H2,1-2H3,(H,24,28). The normalized spacial score (nSPS) is 11.1. The largest absolute Gasteiger partial charge is 0.325 e. The highest BCUT2D eigenvalue weighted by molar-refractivity contribution is 6.32. The number of halogens is 1. The minimum atomic E-state index is -0.285. The van der Waals surface area contributed by atoms with Crippen LogP contribution < -0.4 is 11.3 Å². The summed E-state index contributed by atoms with van der Waals surface area (Å²) in [5.41, 5.74) is 9.10. The van der Waals surface area contributed by atoms with Crippen LogP contribution in [0.4, 0.5) is 0 Å². The molecule has 140 valence electrons. The minimum Gasteiger partial charge on any atom is -0.325 e. The molecule has 4 aromatic rings. The van der Waals surface area contributed by atoms with Crippen molar-refractivity contribution < 1.29 is 0 Å². The van der Waals surface area contributed by atoms with Gasteiger partial charge in [-0.3, -0.25) is 14.2 Å². The number of rotatable bonds is 3. The van der Waals surface area contributed by atoms with Crippen molar-refractivity contribution in [1.29, 1.82) is 5.26 Å². The molecule has 0 saturated heterocycles. The summed E-state index contributed by atoms with van der Waals surface area (Å²) >= 11 is 6.32. The van der Waals surface area contributed by atoms with Gasteiger partial charge >= 0.3 is 0 Å². The topological polar surface area (TPSA) is 131 Å². The number of nitrogens with two attached hydrogens (primary N) is 1. The monoisotopic (exact) mass is 394 g/mol. The van der Waals surface area contributed by atoms with Crippen LogP contribution in [0.15, 0.2) is 29.2 Å². The van der Waals surface area contributed by atoms with Crippen LogP contribution in [0.3, 0.4) is 0 Å². The predicted octanol–water partition coefficient (Wildman–Crippen LogP) is 1.71. The first-order valence-corrected chi connectivity index (χ1v) is 8.70. The highest BCUT2D eigenvalue weighted by Crippen LogP contribution is 2.38. The van der Waals surface area contributed by atoms with Gasteiger partial charge in [0, 0.05) is 31.6 Å². The van der Waals surface area contributed by atoms with Gasteiger partial charge in [-0.15, -0.1) is 0 Å². The van der Waals surface area contributed by atoms with E-state index < -0.39 is 0 Å². The first kappa shape index (κ1) is 17.9. The van der Waals surface area contributed by atoms with Crippen molar-refractivity contribution in [3.63, 3.8) is 0 Å². The van der Waals surface area contributed by atoms with Gasteiger partial charge in [0.1, 0.15) is 11.8 Å². The molecule has 0 fully saturated rings. The lowest BCUT2D eigenvalue weighted by Gasteiger charge is -2.08. The number of hydrogen-bond donors (Lipinski definition) is 2. The number of benzene rings is 1. The van der Waals surface area contributed by atoms with Gasteiger partial charge in [-0.25, -0.2) is 5.10 Å². The van der Waals surface area contributed by atoms with Crippen molar-refractivity contribution in [2.24, 2.45) is 19.8 Å². The second-order valence-electron chi connectivity index (χ2n) is 6.24. The van der Waals surface area contributed by atoms with E-state index in [2.05, 4.69) is 26.5 Å². The van der Waals surface area contributed by atoms with Gasteiger partial charge in [-0.1, -0.05) is 17.7 Å². The Labute approximate surface area is 164 Å². The van der Waals surface area contributed by atoms with E-state index in [1.54, 1.807) is 31.0 Å². The third-order valence-electron chi connectivity index (χ3n) is 4.66. The van der Waals surface area contributed by atoms with E-state index in [0.717, 1.165) is 11.1 Å². The van der Waals surface area contributed by atoms with Crippen LogP contribution >= 0.6 is 11.6 Å². The number of H-pyrrole nitrogens is 1. The fourth-order valence-electron chi connectivity index (χ4n) is 3.32. The smallest absolute Gasteiger partial charge is 0.272 e. The Balaban J connectivity index is 2.01. The number of aromatic amines is 1. The van der Waals surface area contributed by atoms with Crippen molar-refractivity contribution in [3.05, 3.63) is 51.3 Å². The zero-order valence-electron chi connectivity index (χ0n) is 15.1. The molecule has 3 N–H and O–H groups in total. The molecule has 28 heavy (non-hydrogen) atoms. The molecule has 9 nitrogen and oxygen atoms in total. The van der Waals surface area contributed by atoms with Crippen molar-refractivity contribution in [3.8, 4) is 28.5 Å².